The molecular weight excluding hydrogens is 334 g/mol. The highest BCUT2D eigenvalue weighted by Crippen LogP contribution is 2.29. The largest absolute Gasteiger partial charge is 0.488 e. The van der Waals surface area contributed by atoms with Crippen LogP contribution in [0.3, 0.4) is 0 Å². The predicted octanol–water partition coefficient (Wildman–Crippen LogP) is 4.86. The Labute approximate surface area is 132 Å². The molecule has 2 rings (SSSR count). The molecule has 0 bridgehead atoms. The molecule has 0 heterocycles. The van der Waals surface area contributed by atoms with Gasteiger partial charge in [0, 0.05) is 10.5 Å². The summed E-state index contributed by atoms with van der Waals surface area (Å²) in [6, 6.07) is 8.93. The number of nitrogens with zero attached hydrogens (tertiary/aromatic N) is 1. The van der Waals surface area contributed by atoms with Gasteiger partial charge in [-0.3, -0.25) is 10.1 Å². The van der Waals surface area contributed by atoms with E-state index in [1.165, 1.54) is 11.6 Å². The molecule has 0 amide bonds. The van der Waals surface area contributed by atoms with E-state index in [4.69, 9.17) is 4.74 Å². The maximum atomic E-state index is 11.1. The Morgan fingerprint density at radius 3 is 2.48 bits per heavy atom. The molecule has 0 aliphatic heterocycles. The summed E-state index contributed by atoms with van der Waals surface area (Å²) in [5.74, 6) is 0.753. The minimum Gasteiger partial charge on any atom is -0.488 e. The van der Waals surface area contributed by atoms with Gasteiger partial charge in [0.15, 0.2) is 0 Å². The predicted molar refractivity (Wildman–Crippen MR) is 85.8 cm³/mol. The fourth-order valence-corrected chi connectivity index (χ4v) is 2.57. The standard InChI is InChI=1S/C16H16BrNO3/c1-10-7-12(3)16(8-11(10)2)21-9-13-14(17)5-4-6-15(13)18(19)20/h4-8H,9H2,1-3H3. The summed E-state index contributed by atoms with van der Waals surface area (Å²) in [5.41, 5.74) is 3.96. The number of rotatable bonds is 4. The molecule has 0 saturated heterocycles. The lowest BCUT2D eigenvalue weighted by atomic mass is 10.1. The van der Waals surface area contributed by atoms with Gasteiger partial charge in [0.25, 0.3) is 5.69 Å². The SMILES string of the molecule is Cc1cc(C)c(OCc2c(Br)cccc2[N+](=O)[O-])cc1C. The van der Waals surface area contributed by atoms with Crippen LogP contribution in [0.15, 0.2) is 34.8 Å². The number of halogens is 1. The highest BCUT2D eigenvalue weighted by Gasteiger charge is 2.17. The Bertz CT molecular complexity index is 698. The molecule has 5 heteroatoms. The average molecular weight is 350 g/mol. The Morgan fingerprint density at radius 2 is 1.81 bits per heavy atom. The van der Waals surface area contributed by atoms with Crippen molar-refractivity contribution in [1.82, 2.24) is 0 Å². The molecule has 0 saturated carbocycles. The summed E-state index contributed by atoms with van der Waals surface area (Å²) in [6.07, 6.45) is 0. The summed E-state index contributed by atoms with van der Waals surface area (Å²) in [5, 5.41) is 11.1. The summed E-state index contributed by atoms with van der Waals surface area (Å²) in [6.45, 7) is 6.19. The first-order valence-corrected chi connectivity index (χ1v) is 7.32. The van der Waals surface area contributed by atoms with Crippen LogP contribution in [0.5, 0.6) is 5.75 Å². The van der Waals surface area contributed by atoms with Crippen molar-refractivity contribution in [2.45, 2.75) is 27.4 Å². The summed E-state index contributed by atoms with van der Waals surface area (Å²) < 4.78 is 6.47. The Kier molecular flexibility index (Phi) is 4.63. The molecule has 0 aliphatic carbocycles. The van der Waals surface area contributed by atoms with Crippen molar-refractivity contribution in [3.8, 4) is 5.75 Å². The molecule has 0 spiro atoms. The van der Waals surface area contributed by atoms with Crippen molar-refractivity contribution in [2.75, 3.05) is 0 Å². The van der Waals surface area contributed by atoms with Crippen LogP contribution in [0.2, 0.25) is 0 Å². The van der Waals surface area contributed by atoms with Crippen molar-refractivity contribution in [2.24, 2.45) is 0 Å². The van der Waals surface area contributed by atoms with Crippen LogP contribution in [0.1, 0.15) is 22.3 Å². The van der Waals surface area contributed by atoms with E-state index in [2.05, 4.69) is 22.0 Å². The van der Waals surface area contributed by atoms with E-state index in [1.54, 1.807) is 12.1 Å². The van der Waals surface area contributed by atoms with Crippen LogP contribution in [0.25, 0.3) is 0 Å². The second kappa shape index (κ2) is 6.26. The maximum Gasteiger partial charge on any atom is 0.277 e. The van der Waals surface area contributed by atoms with Gasteiger partial charge in [0.05, 0.1) is 10.5 Å². The lowest BCUT2D eigenvalue weighted by Crippen LogP contribution is -2.03. The highest BCUT2D eigenvalue weighted by molar-refractivity contribution is 9.10. The Hall–Kier alpha value is -1.88. The van der Waals surface area contributed by atoms with Gasteiger partial charge in [-0.2, -0.15) is 0 Å². The third kappa shape index (κ3) is 3.42. The summed E-state index contributed by atoms with van der Waals surface area (Å²) in [4.78, 5) is 10.7. The van der Waals surface area contributed by atoms with Crippen LogP contribution in [0.4, 0.5) is 5.69 Å². The van der Waals surface area contributed by atoms with Crippen LogP contribution in [-0.4, -0.2) is 4.92 Å². The van der Waals surface area contributed by atoms with E-state index in [9.17, 15) is 10.1 Å². The molecule has 0 unspecified atom stereocenters. The Balaban J connectivity index is 2.29. The Morgan fingerprint density at radius 1 is 1.14 bits per heavy atom. The van der Waals surface area contributed by atoms with Gasteiger partial charge in [-0.05, 0) is 49.6 Å². The second-order valence-corrected chi connectivity index (χ2v) is 5.84. The van der Waals surface area contributed by atoms with Gasteiger partial charge in [-0.25, -0.2) is 0 Å². The van der Waals surface area contributed by atoms with Gasteiger partial charge in [-0.1, -0.05) is 28.1 Å². The zero-order chi connectivity index (χ0) is 15.6. The van der Waals surface area contributed by atoms with Crippen molar-refractivity contribution in [3.63, 3.8) is 0 Å². The normalized spacial score (nSPS) is 10.5. The first kappa shape index (κ1) is 15.5. The second-order valence-electron chi connectivity index (χ2n) is 4.99. The number of hydrogen-bond acceptors (Lipinski definition) is 3. The third-order valence-corrected chi connectivity index (χ3v) is 4.20. The zero-order valence-corrected chi connectivity index (χ0v) is 13.7. The monoisotopic (exact) mass is 349 g/mol. The maximum absolute atomic E-state index is 11.1. The highest BCUT2D eigenvalue weighted by atomic mass is 79.9. The van der Waals surface area contributed by atoms with Crippen LogP contribution in [-0.2, 0) is 6.61 Å². The minimum atomic E-state index is -0.392. The first-order chi connectivity index (χ1) is 9.90. The third-order valence-electron chi connectivity index (χ3n) is 3.45. The van der Waals surface area contributed by atoms with Crippen LogP contribution >= 0.6 is 15.9 Å². The number of benzene rings is 2. The molecule has 0 aromatic heterocycles. The fraction of sp³-hybridized carbons (Fsp3) is 0.250. The molecule has 0 radical (unpaired) electrons. The van der Waals surface area contributed by atoms with E-state index < -0.39 is 4.92 Å². The van der Waals surface area contributed by atoms with Crippen molar-refractivity contribution in [1.29, 1.82) is 0 Å². The first-order valence-electron chi connectivity index (χ1n) is 6.52. The smallest absolute Gasteiger partial charge is 0.277 e. The molecule has 4 nitrogen and oxygen atoms in total. The summed E-state index contributed by atoms with van der Waals surface area (Å²) >= 11 is 3.35. The molecule has 0 fully saturated rings. The van der Waals surface area contributed by atoms with E-state index in [-0.39, 0.29) is 12.3 Å². The van der Waals surface area contributed by atoms with Crippen molar-refractivity contribution < 1.29 is 9.66 Å². The van der Waals surface area contributed by atoms with E-state index in [0.717, 1.165) is 16.9 Å². The number of aryl methyl sites for hydroxylation is 3. The van der Waals surface area contributed by atoms with Crippen molar-refractivity contribution >= 4 is 21.6 Å². The van der Waals surface area contributed by atoms with Gasteiger partial charge in [0.1, 0.15) is 12.4 Å². The van der Waals surface area contributed by atoms with E-state index >= 15 is 0 Å². The minimum absolute atomic E-state index is 0.0610. The number of hydrogen-bond donors (Lipinski definition) is 0. The van der Waals surface area contributed by atoms with Gasteiger partial charge < -0.3 is 4.74 Å². The molecule has 2 aromatic rings. The lowest BCUT2D eigenvalue weighted by molar-refractivity contribution is -0.385. The zero-order valence-electron chi connectivity index (χ0n) is 12.1. The molecule has 0 atom stereocenters. The molecule has 0 N–H and O–H groups in total. The quantitative estimate of drug-likeness (QED) is 0.584. The number of nitro groups is 1. The molecule has 110 valence electrons. The van der Waals surface area contributed by atoms with Gasteiger partial charge in [-0.15, -0.1) is 0 Å². The van der Waals surface area contributed by atoms with Crippen LogP contribution in [0, 0.1) is 30.9 Å². The molecule has 21 heavy (non-hydrogen) atoms. The van der Waals surface area contributed by atoms with Gasteiger partial charge >= 0.3 is 0 Å². The van der Waals surface area contributed by atoms with E-state index in [1.807, 2.05) is 26.8 Å². The topological polar surface area (TPSA) is 52.4 Å². The fourth-order valence-electron chi connectivity index (χ4n) is 2.10. The summed E-state index contributed by atoms with van der Waals surface area (Å²) in [7, 11) is 0. The van der Waals surface area contributed by atoms with Gasteiger partial charge in [0.2, 0.25) is 0 Å². The molecular formula is C16H16BrNO3. The number of ether oxygens (including phenoxy) is 1. The van der Waals surface area contributed by atoms with Crippen molar-refractivity contribution in [3.05, 3.63) is 67.2 Å². The lowest BCUT2D eigenvalue weighted by Gasteiger charge is -2.12. The molecule has 0 aliphatic rings. The van der Waals surface area contributed by atoms with Crippen LogP contribution < -0.4 is 4.74 Å². The molecule has 2 aromatic carbocycles. The average Bonchev–Trinajstić information content (AvgIpc) is 2.42. The van der Waals surface area contributed by atoms with E-state index in [0.29, 0.717) is 10.0 Å². The number of nitro benzene ring substituents is 1.